The molecule has 0 saturated carbocycles. The number of halogens is 2. The Morgan fingerprint density at radius 2 is 1.77 bits per heavy atom. The van der Waals surface area contributed by atoms with Crippen LogP contribution in [0.5, 0.6) is 0 Å². The van der Waals surface area contributed by atoms with Crippen LogP contribution in [0.15, 0.2) is 42.5 Å². The average molecular weight is 433 g/mol. The number of hydrogen-bond donors (Lipinski definition) is 1. The molecule has 162 valence electrons. The molecule has 0 heterocycles. The van der Waals surface area contributed by atoms with Gasteiger partial charge in [-0.05, 0) is 51.8 Å². The number of hydrogen-bond acceptors (Lipinski definition) is 2. The molecular weight excluding hydrogens is 403 g/mol. The van der Waals surface area contributed by atoms with Crippen LogP contribution in [0.4, 0.5) is 4.39 Å². The molecule has 0 unspecified atom stereocenters. The summed E-state index contributed by atoms with van der Waals surface area (Å²) in [4.78, 5) is 27.8. The van der Waals surface area contributed by atoms with Crippen molar-refractivity contribution in [3.8, 4) is 0 Å². The quantitative estimate of drug-likeness (QED) is 0.665. The summed E-state index contributed by atoms with van der Waals surface area (Å²) in [5.74, 6) is -1.11. The van der Waals surface area contributed by atoms with Crippen molar-refractivity contribution in [3.63, 3.8) is 0 Å². The molecule has 0 spiro atoms. The number of carbonyl (C=O) groups is 2. The number of benzene rings is 2. The predicted octanol–water partition coefficient (Wildman–Crippen LogP) is 5.05. The highest BCUT2D eigenvalue weighted by Crippen LogP contribution is 2.22. The molecule has 0 fully saturated rings. The largest absolute Gasteiger partial charge is 0.350 e. The number of nitrogens with zero attached hydrogens (tertiary/aromatic N) is 1. The lowest BCUT2D eigenvalue weighted by molar-refractivity contribution is -0.141. The minimum absolute atomic E-state index is 0.143. The molecule has 0 saturated heterocycles. The molecule has 2 rings (SSSR count). The number of carbonyl (C=O) groups excluding carboxylic acids is 2. The highest BCUT2D eigenvalue weighted by Gasteiger charge is 2.31. The molecule has 1 atom stereocenters. The Balaban J connectivity index is 2.36. The maximum absolute atomic E-state index is 14.3. The lowest BCUT2D eigenvalue weighted by Crippen LogP contribution is -2.53. The molecular formula is C24H30ClFN2O2. The Kier molecular flexibility index (Phi) is 8.02. The molecule has 0 aromatic heterocycles. The van der Waals surface area contributed by atoms with E-state index >= 15 is 0 Å². The first-order chi connectivity index (χ1) is 14.0. The second-order valence-corrected chi connectivity index (χ2v) is 8.95. The summed E-state index contributed by atoms with van der Waals surface area (Å²) in [6.45, 7) is 9.77. The van der Waals surface area contributed by atoms with Crippen LogP contribution in [-0.4, -0.2) is 28.3 Å². The van der Waals surface area contributed by atoms with Crippen LogP contribution in [0.2, 0.25) is 5.02 Å². The van der Waals surface area contributed by atoms with E-state index in [4.69, 9.17) is 11.6 Å². The normalized spacial score (nSPS) is 12.4. The lowest BCUT2D eigenvalue weighted by atomic mass is 10.0. The van der Waals surface area contributed by atoms with Crippen LogP contribution in [0, 0.1) is 12.7 Å². The van der Waals surface area contributed by atoms with E-state index in [1.165, 1.54) is 17.0 Å². The Hall–Kier alpha value is -2.40. The number of rotatable bonds is 7. The molecule has 0 aliphatic carbocycles. The maximum Gasteiger partial charge on any atom is 0.243 e. The van der Waals surface area contributed by atoms with Gasteiger partial charge < -0.3 is 10.2 Å². The molecule has 2 aromatic rings. The topological polar surface area (TPSA) is 49.4 Å². The van der Waals surface area contributed by atoms with E-state index < -0.39 is 17.4 Å². The van der Waals surface area contributed by atoms with E-state index in [0.717, 1.165) is 11.1 Å². The van der Waals surface area contributed by atoms with E-state index in [1.807, 2.05) is 58.9 Å². The van der Waals surface area contributed by atoms with Crippen LogP contribution in [0.3, 0.4) is 0 Å². The lowest BCUT2D eigenvalue weighted by Gasteiger charge is -2.33. The van der Waals surface area contributed by atoms with Crippen molar-refractivity contribution >= 4 is 23.4 Å². The van der Waals surface area contributed by atoms with Gasteiger partial charge in [-0.1, -0.05) is 54.4 Å². The summed E-state index contributed by atoms with van der Waals surface area (Å²) >= 11 is 6.13. The monoisotopic (exact) mass is 432 g/mol. The Bertz CT molecular complexity index is 871. The van der Waals surface area contributed by atoms with Gasteiger partial charge >= 0.3 is 0 Å². The molecule has 0 radical (unpaired) electrons. The Labute approximate surface area is 183 Å². The summed E-state index contributed by atoms with van der Waals surface area (Å²) in [5, 5.41) is 3.15. The highest BCUT2D eigenvalue weighted by molar-refractivity contribution is 6.31. The van der Waals surface area contributed by atoms with Crippen LogP contribution < -0.4 is 5.32 Å². The van der Waals surface area contributed by atoms with Gasteiger partial charge in [0.05, 0.1) is 6.42 Å². The summed E-state index contributed by atoms with van der Waals surface area (Å²) in [7, 11) is 0. The standard InChI is InChI=1S/C24H30ClFN2O2/c1-6-21(23(30)27-24(3,4)5)28(15-17-12-10-16(2)11-13-17)22(29)14-18-19(25)8-7-9-20(18)26/h7-13,21H,6,14-15H2,1-5H3,(H,27,30)/t21-/m0/s1. The SMILES string of the molecule is CC[C@@H](C(=O)NC(C)(C)C)N(Cc1ccc(C)cc1)C(=O)Cc1c(F)cccc1Cl. The van der Waals surface area contributed by atoms with Crippen LogP contribution in [0.1, 0.15) is 50.8 Å². The van der Waals surface area contributed by atoms with E-state index in [9.17, 15) is 14.0 Å². The number of amides is 2. The Morgan fingerprint density at radius 3 is 2.30 bits per heavy atom. The van der Waals surface area contributed by atoms with E-state index in [-0.39, 0.29) is 35.4 Å². The molecule has 30 heavy (non-hydrogen) atoms. The highest BCUT2D eigenvalue weighted by atomic mass is 35.5. The third-order valence-electron chi connectivity index (χ3n) is 4.75. The van der Waals surface area contributed by atoms with E-state index in [0.29, 0.717) is 6.42 Å². The van der Waals surface area contributed by atoms with Crippen LogP contribution >= 0.6 is 11.6 Å². The second-order valence-electron chi connectivity index (χ2n) is 8.55. The first-order valence-corrected chi connectivity index (χ1v) is 10.5. The number of nitrogens with one attached hydrogen (secondary N) is 1. The Morgan fingerprint density at radius 1 is 1.13 bits per heavy atom. The minimum Gasteiger partial charge on any atom is -0.350 e. The minimum atomic E-state index is -0.677. The summed E-state index contributed by atoms with van der Waals surface area (Å²) < 4.78 is 14.3. The van der Waals surface area contributed by atoms with Crippen molar-refractivity contribution in [1.82, 2.24) is 10.2 Å². The zero-order valence-electron chi connectivity index (χ0n) is 18.3. The van der Waals surface area contributed by atoms with Gasteiger partial charge in [0, 0.05) is 22.7 Å². The van der Waals surface area contributed by atoms with Gasteiger partial charge in [-0.3, -0.25) is 9.59 Å². The van der Waals surface area contributed by atoms with Crippen molar-refractivity contribution in [1.29, 1.82) is 0 Å². The molecule has 2 amide bonds. The first kappa shape index (κ1) is 23.9. The van der Waals surface area contributed by atoms with Crippen molar-refractivity contribution in [3.05, 3.63) is 70.0 Å². The van der Waals surface area contributed by atoms with Gasteiger partial charge in [0.1, 0.15) is 11.9 Å². The third kappa shape index (κ3) is 6.56. The van der Waals surface area contributed by atoms with Crippen LogP contribution in [-0.2, 0) is 22.6 Å². The van der Waals surface area contributed by atoms with Crippen molar-refractivity contribution in [2.45, 2.75) is 65.6 Å². The first-order valence-electron chi connectivity index (χ1n) is 10.1. The predicted molar refractivity (Wildman–Crippen MR) is 119 cm³/mol. The average Bonchev–Trinajstić information content (AvgIpc) is 2.64. The van der Waals surface area contributed by atoms with Gasteiger partial charge in [-0.15, -0.1) is 0 Å². The molecule has 4 nitrogen and oxygen atoms in total. The number of aryl methyl sites for hydroxylation is 1. The van der Waals surface area contributed by atoms with Gasteiger partial charge in [-0.25, -0.2) is 4.39 Å². The van der Waals surface area contributed by atoms with Gasteiger partial charge in [-0.2, -0.15) is 0 Å². The maximum atomic E-state index is 14.3. The van der Waals surface area contributed by atoms with Crippen molar-refractivity contribution in [2.24, 2.45) is 0 Å². The van der Waals surface area contributed by atoms with Gasteiger partial charge in [0.2, 0.25) is 11.8 Å². The molecule has 0 aliphatic rings. The van der Waals surface area contributed by atoms with Gasteiger partial charge in [0.15, 0.2) is 0 Å². The molecule has 2 aromatic carbocycles. The summed E-state index contributed by atoms with van der Waals surface area (Å²) in [6, 6.07) is 11.4. The molecule has 0 bridgehead atoms. The summed E-state index contributed by atoms with van der Waals surface area (Å²) in [6.07, 6.45) is 0.223. The van der Waals surface area contributed by atoms with E-state index in [1.54, 1.807) is 6.07 Å². The van der Waals surface area contributed by atoms with Crippen molar-refractivity contribution < 1.29 is 14.0 Å². The second kappa shape index (κ2) is 10.1. The van der Waals surface area contributed by atoms with E-state index in [2.05, 4.69) is 5.32 Å². The fraction of sp³-hybridized carbons (Fsp3) is 0.417. The van der Waals surface area contributed by atoms with Gasteiger partial charge in [0.25, 0.3) is 0 Å². The molecule has 1 N–H and O–H groups in total. The fourth-order valence-corrected chi connectivity index (χ4v) is 3.45. The zero-order chi connectivity index (χ0) is 22.5. The smallest absolute Gasteiger partial charge is 0.243 e. The third-order valence-corrected chi connectivity index (χ3v) is 5.10. The fourth-order valence-electron chi connectivity index (χ4n) is 3.22. The summed E-state index contributed by atoms with van der Waals surface area (Å²) in [5.41, 5.74) is 1.71. The molecule has 0 aliphatic heterocycles. The van der Waals surface area contributed by atoms with Crippen molar-refractivity contribution in [2.75, 3.05) is 0 Å². The molecule has 6 heteroatoms. The zero-order valence-corrected chi connectivity index (χ0v) is 19.0. The van der Waals surface area contributed by atoms with Crippen LogP contribution in [0.25, 0.3) is 0 Å².